The number of methoxy groups -OCH3 is 1. The summed E-state index contributed by atoms with van der Waals surface area (Å²) >= 11 is 0. The van der Waals surface area contributed by atoms with Gasteiger partial charge in [-0.2, -0.15) is 0 Å². The monoisotopic (exact) mass is 383 g/mol. The second-order valence-corrected chi connectivity index (χ2v) is 7.43. The van der Waals surface area contributed by atoms with E-state index in [1.807, 2.05) is 42.1 Å². The average molecular weight is 383 g/mol. The van der Waals surface area contributed by atoms with Crippen molar-refractivity contribution in [2.75, 3.05) is 13.4 Å². The fourth-order valence-electron chi connectivity index (χ4n) is 2.76. The predicted molar refractivity (Wildman–Crippen MR) is 104 cm³/mol. The van der Waals surface area contributed by atoms with Gasteiger partial charge in [0.25, 0.3) is 5.91 Å². The molecule has 0 saturated carbocycles. The van der Waals surface area contributed by atoms with Crippen molar-refractivity contribution in [1.29, 1.82) is 0 Å². The van der Waals surface area contributed by atoms with Gasteiger partial charge in [0, 0.05) is 47.0 Å². The number of amides is 1. The van der Waals surface area contributed by atoms with Crippen molar-refractivity contribution >= 4 is 16.7 Å². The van der Waals surface area contributed by atoms with Gasteiger partial charge in [0.1, 0.15) is 17.6 Å². The number of benzene rings is 2. The quantitative estimate of drug-likeness (QED) is 0.710. The summed E-state index contributed by atoms with van der Waals surface area (Å²) in [6, 6.07) is 13.9. The van der Waals surface area contributed by atoms with Crippen LogP contribution >= 0.6 is 0 Å². The summed E-state index contributed by atoms with van der Waals surface area (Å²) in [4.78, 5) is 17.9. The molecule has 140 valence electrons. The number of hydrogen-bond donors (Lipinski definition) is 1. The molecule has 0 aliphatic heterocycles. The van der Waals surface area contributed by atoms with Gasteiger partial charge in [-0.05, 0) is 42.0 Å². The fraction of sp³-hybridized carbons (Fsp3) is 0.200. The van der Waals surface area contributed by atoms with Gasteiger partial charge < -0.3 is 14.6 Å². The number of hydrogen-bond acceptors (Lipinski definition) is 4. The summed E-state index contributed by atoms with van der Waals surface area (Å²) in [7, 11) is 2.42. The summed E-state index contributed by atoms with van der Waals surface area (Å²) in [5.74, 6) is 1.24. The van der Waals surface area contributed by atoms with Gasteiger partial charge >= 0.3 is 0 Å². The Hall–Kier alpha value is -2.93. The molecule has 2 aromatic carbocycles. The molecular weight excluding hydrogens is 362 g/mol. The highest BCUT2D eigenvalue weighted by atomic mass is 32.2. The standard InChI is InChI=1S/C20H21N3O3S/c1-23-13-12-21-19(23)18(14-4-8-16(26-2)9-5-14)22-20(24)15-6-10-17(11-7-15)27(3)25/h4-13,18H,1-3H3,(H,22,24). The summed E-state index contributed by atoms with van der Waals surface area (Å²) in [6.07, 6.45) is 5.14. The van der Waals surface area contributed by atoms with Crippen molar-refractivity contribution in [2.45, 2.75) is 10.9 Å². The molecule has 1 amide bonds. The Morgan fingerprint density at radius 1 is 1.15 bits per heavy atom. The molecule has 1 N–H and O–H groups in total. The minimum atomic E-state index is -1.08. The average Bonchev–Trinajstić information content (AvgIpc) is 3.11. The van der Waals surface area contributed by atoms with Crippen LogP contribution in [0.1, 0.15) is 27.8 Å². The molecule has 6 nitrogen and oxygen atoms in total. The summed E-state index contributed by atoms with van der Waals surface area (Å²) in [5.41, 5.74) is 1.39. The Labute approximate surface area is 160 Å². The zero-order valence-electron chi connectivity index (χ0n) is 15.4. The number of nitrogens with one attached hydrogen (secondary N) is 1. The van der Waals surface area contributed by atoms with E-state index in [0.29, 0.717) is 10.5 Å². The van der Waals surface area contributed by atoms with Crippen LogP contribution in [0.15, 0.2) is 65.8 Å². The van der Waals surface area contributed by atoms with Gasteiger partial charge in [-0.3, -0.25) is 9.00 Å². The van der Waals surface area contributed by atoms with E-state index in [4.69, 9.17) is 4.74 Å². The number of imidazole rings is 1. The Morgan fingerprint density at radius 2 is 1.81 bits per heavy atom. The third-order valence-electron chi connectivity index (χ3n) is 4.29. The molecular formula is C20H21N3O3S. The first-order valence-electron chi connectivity index (χ1n) is 8.35. The first-order chi connectivity index (χ1) is 13.0. The van der Waals surface area contributed by atoms with E-state index in [2.05, 4.69) is 10.3 Å². The van der Waals surface area contributed by atoms with Gasteiger partial charge in [-0.1, -0.05) is 12.1 Å². The maximum atomic E-state index is 12.8. The topological polar surface area (TPSA) is 73.2 Å². The number of aromatic nitrogens is 2. The predicted octanol–water partition coefficient (Wildman–Crippen LogP) is 2.69. The highest BCUT2D eigenvalue weighted by Crippen LogP contribution is 2.23. The molecule has 0 spiro atoms. The van der Waals surface area contributed by atoms with Crippen molar-refractivity contribution in [2.24, 2.45) is 7.05 Å². The molecule has 2 atom stereocenters. The molecule has 27 heavy (non-hydrogen) atoms. The highest BCUT2D eigenvalue weighted by molar-refractivity contribution is 7.84. The zero-order valence-corrected chi connectivity index (χ0v) is 16.2. The van der Waals surface area contributed by atoms with E-state index < -0.39 is 16.8 Å². The number of ether oxygens (including phenoxy) is 1. The molecule has 0 radical (unpaired) electrons. The van der Waals surface area contributed by atoms with Crippen molar-refractivity contribution in [1.82, 2.24) is 14.9 Å². The van der Waals surface area contributed by atoms with E-state index in [9.17, 15) is 9.00 Å². The fourth-order valence-corrected chi connectivity index (χ4v) is 3.28. The molecule has 2 unspecified atom stereocenters. The lowest BCUT2D eigenvalue weighted by Crippen LogP contribution is -2.31. The largest absolute Gasteiger partial charge is 0.497 e. The van der Waals surface area contributed by atoms with Crippen molar-refractivity contribution in [3.8, 4) is 5.75 Å². The second kappa shape index (κ2) is 8.18. The van der Waals surface area contributed by atoms with Crippen LogP contribution in [0.3, 0.4) is 0 Å². The van der Waals surface area contributed by atoms with E-state index >= 15 is 0 Å². The molecule has 0 bridgehead atoms. The smallest absolute Gasteiger partial charge is 0.252 e. The van der Waals surface area contributed by atoms with Crippen LogP contribution in [0.5, 0.6) is 5.75 Å². The summed E-state index contributed by atoms with van der Waals surface area (Å²) < 4.78 is 18.6. The summed E-state index contributed by atoms with van der Waals surface area (Å²) in [6.45, 7) is 0. The van der Waals surface area contributed by atoms with Crippen LogP contribution in [0.4, 0.5) is 0 Å². The van der Waals surface area contributed by atoms with Gasteiger partial charge in [-0.15, -0.1) is 0 Å². The van der Waals surface area contributed by atoms with E-state index in [-0.39, 0.29) is 5.91 Å². The SMILES string of the molecule is COc1ccc(C(NC(=O)c2ccc(S(C)=O)cc2)c2nccn2C)cc1. The van der Waals surface area contributed by atoms with E-state index in [1.54, 1.807) is 43.8 Å². The lowest BCUT2D eigenvalue weighted by Gasteiger charge is -2.19. The third kappa shape index (κ3) is 4.25. The van der Waals surface area contributed by atoms with Crippen LogP contribution in [-0.4, -0.2) is 33.0 Å². The van der Waals surface area contributed by atoms with Gasteiger partial charge in [0.05, 0.1) is 7.11 Å². The van der Waals surface area contributed by atoms with Gasteiger partial charge in [0.15, 0.2) is 0 Å². The van der Waals surface area contributed by atoms with Crippen LogP contribution in [0, 0.1) is 0 Å². The normalized spacial score (nSPS) is 13.0. The van der Waals surface area contributed by atoms with Gasteiger partial charge in [0.2, 0.25) is 0 Å². The Morgan fingerprint density at radius 3 is 2.33 bits per heavy atom. The maximum absolute atomic E-state index is 12.8. The number of rotatable bonds is 6. The number of aryl methyl sites for hydroxylation is 1. The molecule has 7 heteroatoms. The molecule has 3 aromatic rings. The molecule has 1 heterocycles. The second-order valence-electron chi connectivity index (χ2n) is 6.05. The van der Waals surface area contributed by atoms with Crippen LogP contribution in [0.25, 0.3) is 0 Å². The number of carbonyl (C=O) groups is 1. The molecule has 0 saturated heterocycles. The molecule has 0 aliphatic rings. The molecule has 1 aromatic heterocycles. The Kier molecular flexibility index (Phi) is 5.71. The molecule has 0 fully saturated rings. The van der Waals surface area contributed by atoms with E-state index in [0.717, 1.165) is 17.1 Å². The maximum Gasteiger partial charge on any atom is 0.252 e. The highest BCUT2D eigenvalue weighted by Gasteiger charge is 2.21. The molecule has 3 rings (SSSR count). The number of carbonyl (C=O) groups excluding carboxylic acids is 1. The minimum Gasteiger partial charge on any atom is -0.497 e. The van der Waals surface area contributed by atoms with Crippen molar-refractivity contribution < 1.29 is 13.7 Å². The third-order valence-corrected chi connectivity index (χ3v) is 5.23. The van der Waals surface area contributed by atoms with Gasteiger partial charge in [-0.25, -0.2) is 4.98 Å². The van der Waals surface area contributed by atoms with Crippen molar-refractivity contribution in [3.05, 3.63) is 77.9 Å². The van der Waals surface area contributed by atoms with Crippen LogP contribution in [0.2, 0.25) is 0 Å². The Bertz CT molecular complexity index is 949. The van der Waals surface area contributed by atoms with Crippen molar-refractivity contribution in [3.63, 3.8) is 0 Å². The lowest BCUT2D eigenvalue weighted by atomic mass is 10.0. The molecule has 0 aliphatic carbocycles. The lowest BCUT2D eigenvalue weighted by molar-refractivity contribution is 0.0941. The number of nitrogens with zero attached hydrogens (tertiary/aromatic N) is 2. The van der Waals surface area contributed by atoms with Crippen LogP contribution < -0.4 is 10.1 Å². The summed E-state index contributed by atoms with van der Waals surface area (Å²) in [5, 5.41) is 3.04. The minimum absolute atomic E-state index is 0.229. The first-order valence-corrected chi connectivity index (χ1v) is 9.91. The first kappa shape index (κ1) is 18.8. The zero-order chi connectivity index (χ0) is 19.4. The van der Waals surface area contributed by atoms with Crippen LogP contribution in [-0.2, 0) is 17.8 Å². The van der Waals surface area contributed by atoms with E-state index in [1.165, 1.54) is 0 Å². The Balaban J connectivity index is 1.90.